The molecule has 1 saturated heterocycles. The van der Waals surface area contributed by atoms with Gasteiger partial charge < -0.3 is 15.5 Å². The molecule has 0 radical (unpaired) electrons. The normalized spacial score (nSPS) is 14.3. The number of nitrogens with zero attached hydrogens (tertiary/aromatic N) is 2. The number of aromatic nitrogens is 1. The number of amides is 1. The molecule has 1 aliphatic rings. The predicted molar refractivity (Wildman–Crippen MR) is 136 cm³/mol. The van der Waals surface area contributed by atoms with E-state index in [1.165, 1.54) is 11.8 Å². The van der Waals surface area contributed by atoms with Crippen LogP contribution in [0.1, 0.15) is 31.2 Å². The van der Waals surface area contributed by atoms with E-state index < -0.39 is 11.7 Å². The van der Waals surface area contributed by atoms with E-state index in [0.29, 0.717) is 11.9 Å². The Labute approximate surface area is 207 Å². The van der Waals surface area contributed by atoms with Crippen molar-refractivity contribution in [3.8, 4) is 0 Å². The predicted octanol–water partition coefficient (Wildman–Crippen LogP) is 5.95. The van der Waals surface area contributed by atoms with Crippen LogP contribution in [0.4, 0.5) is 24.5 Å². The van der Waals surface area contributed by atoms with Crippen molar-refractivity contribution < 1.29 is 18.0 Å². The number of rotatable bonds is 9. The molecule has 1 aromatic heterocycles. The van der Waals surface area contributed by atoms with Crippen LogP contribution in [0.3, 0.4) is 0 Å². The molecule has 1 fully saturated rings. The maximum absolute atomic E-state index is 12.9. The summed E-state index contributed by atoms with van der Waals surface area (Å²) < 4.78 is 38.8. The van der Waals surface area contributed by atoms with E-state index in [9.17, 15) is 18.0 Å². The molecule has 0 spiro atoms. The van der Waals surface area contributed by atoms with Crippen molar-refractivity contribution >= 4 is 39.9 Å². The number of carbonyl (C=O) groups is 1. The molecule has 0 atom stereocenters. The van der Waals surface area contributed by atoms with E-state index in [0.717, 1.165) is 79.3 Å². The summed E-state index contributed by atoms with van der Waals surface area (Å²) in [4.78, 5) is 19.6. The maximum Gasteiger partial charge on any atom is 0.416 e. The highest BCUT2D eigenvalue weighted by Gasteiger charge is 2.30. The second-order valence-corrected chi connectivity index (χ2v) is 9.67. The number of hydrogen-bond donors (Lipinski definition) is 2. The fourth-order valence-electron chi connectivity index (χ4n) is 4.07. The summed E-state index contributed by atoms with van der Waals surface area (Å²) in [7, 11) is 0. The van der Waals surface area contributed by atoms with Crippen LogP contribution in [0.15, 0.2) is 59.6 Å². The van der Waals surface area contributed by atoms with Crippen LogP contribution in [0.5, 0.6) is 0 Å². The third-order valence-corrected chi connectivity index (χ3v) is 7.13. The molecule has 2 aromatic carbocycles. The lowest BCUT2D eigenvalue weighted by molar-refractivity contribution is -0.137. The summed E-state index contributed by atoms with van der Waals surface area (Å²) in [6, 6.07) is 13.5. The number of carbonyl (C=O) groups excluding carboxylic acids is 1. The van der Waals surface area contributed by atoms with Gasteiger partial charge in [0, 0.05) is 60.5 Å². The van der Waals surface area contributed by atoms with Gasteiger partial charge in [0.1, 0.15) is 0 Å². The topological polar surface area (TPSA) is 57.3 Å². The number of hydrogen-bond acceptors (Lipinski definition) is 5. The van der Waals surface area contributed by atoms with Gasteiger partial charge in [-0.05, 0) is 61.1 Å². The van der Waals surface area contributed by atoms with Crippen molar-refractivity contribution in [1.29, 1.82) is 0 Å². The minimum atomic E-state index is -4.38. The molecule has 2 N–H and O–H groups in total. The van der Waals surface area contributed by atoms with E-state index in [1.54, 1.807) is 18.0 Å². The first-order chi connectivity index (χ1) is 16.9. The van der Waals surface area contributed by atoms with Gasteiger partial charge in [0.15, 0.2) is 0 Å². The van der Waals surface area contributed by atoms with Crippen molar-refractivity contribution in [2.45, 2.75) is 36.8 Å². The van der Waals surface area contributed by atoms with Crippen LogP contribution in [0, 0.1) is 0 Å². The quantitative estimate of drug-likeness (QED) is 0.280. The molecule has 0 aliphatic carbocycles. The van der Waals surface area contributed by atoms with E-state index in [1.807, 2.05) is 30.3 Å². The SMILES string of the molecule is O=C(CCCCCSc1ccnc2cc(C(F)(F)F)ccc12)Nc1ccc(N2CCNCC2)cc1. The highest BCUT2D eigenvalue weighted by Crippen LogP contribution is 2.34. The number of benzene rings is 2. The zero-order valence-electron chi connectivity index (χ0n) is 19.4. The molecular formula is C26H29F3N4OS. The third kappa shape index (κ3) is 7.11. The minimum absolute atomic E-state index is 0.00757. The van der Waals surface area contributed by atoms with Crippen molar-refractivity contribution in [1.82, 2.24) is 10.3 Å². The molecular weight excluding hydrogens is 473 g/mol. The van der Waals surface area contributed by atoms with Gasteiger partial charge in [-0.2, -0.15) is 13.2 Å². The fourth-order valence-corrected chi connectivity index (χ4v) is 5.13. The average molecular weight is 503 g/mol. The number of unbranched alkanes of at least 4 members (excludes halogenated alkanes) is 2. The van der Waals surface area contributed by atoms with E-state index >= 15 is 0 Å². The van der Waals surface area contributed by atoms with Crippen LogP contribution >= 0.6 is 11.8 Å². The van der Waals surface area contributed by atoms with E-state index in [4.69, 9.17) is 0 Å². The maximum atomic E-state index is 12.9. The van der Waals surface area contributed by atoms with Crippen molar-refractivity contribution in [2.24, 2.45) is 0 Å². The zero-order chi connectivity index (χ0) is 24.7. The molecule has 35 heavy (non-hydrogen) atoms. The smallest absolute Gasteiger partial charge is 0.369 e. The molecule has 0 bridgehead atoms. The van der Waals surface area contributed by atoms with E-state index in [-0.39, 0.29) is 5.91 Å². The zero-order valence-corrected chi connectivity index (χ0v) is 20.2. The Morgan fingerprint density at radius 2 is 1.80 bits per heavy atom. The summed E-state index contributed by atoms with van der Waals surface area (Å²) in [5.74, 6) is 0.836. The number of anilines is 2. The fraction of sp³-hybridized carbons (Fsp3) is 0.385. The monoisotopic (exact) mass is 502 g/mol. The van der Waals surface area contributed by atoms with Gasteiger partial charge in [0.2, 0.25) is 5.91 Å². The molecule has 186 valence electrons. The molecule has 1 aliphatic heterocycles. The van der Waals surface area contributed by atoms with Gasteiger partial charge in [-0.1, -0.05) is 12.5 Å². The van der Waals surface area contributed by atoms with Gasteiger partial charge >= 0.3 is 6.18 Å². The largest absolute Gasteiger partial charge is 0.416 e. The number of piperazine rings is 1. The Balaban J connectivity index is 1.17. The standard InChI is InChI=1S/C26H29F3N4OS/c27-26(28,29)19-5-10-22-23(18-19)31-12-11-24(22)35-17-3-1-2-4-25(34)32-20-6-8-21(9-7-20)33-15-13-30-14-16-33/h5-12,18,30H,1-4,13-17H2,(H,32,34). The summed E-state index contributed by atoms with van der Waals surface area (Å²) in [5, 5.41) is 7.03. The Bertz CT molecular complexity index is 1130. The van der Waals surface area contributed by atoms with Crippen molar-refractivity contribution in [3.05, 3.63) is 60.3 Å². The minimum Gasteiger partial charge on any atom is -0.369 e. The summed E-state index contributed by atoms with van der Waals surface area (Å²) >= 11 is 1.61. The van der Waals surface area contributed by atoms with Crippen LogP contribution in [-0.4, -0.2) is 42.8 Å². The number of halogens is 3. The van der Waals surface area contributed by atoms with Crippen molar-refractivity contribution in [3.63, 3.8) is 0 Å². The van der Waals surface area contributed by atoms with Gasteiger partial charge in [0.05, 0.1) is 11.1 Å². The van der Waals surface area contributed by atoms with Crippen LogP contribution < -0.4 is 15.5 Å². The Hall–Kier alpha value is -2.78. The number of alkyl halides is 3. The van der Waals surface area contributed by atoms with Crippen LogP contribution in [-0.2, 0) is 11.0 Å². The molecule has 9 heteroatoms. The Morgan fingerprint density at radius 1 is 1.03 bits per heavy atom. The lowest BCUT2D eigenvalue weighted by Gasteiger charge is -2.29. The first-order valence-corrected chi connectivity index (χ1v) is 12.8. The first-order valence-electron chi connectivity index (χ1n) is 11.8. The molecule has 1 amide bonds. The molecule has 0 unspecified atom stereocenters. The van der Waals surface area contributed by atoms with E-state index in [2.05, 4.69) is 20.5 Å². The highest BCUT2D eigenvalue weighted by atomic mass is 32.2. The lowest BCUT2D eigenvalue weighted by atomic mass is 10.1. The molecule has 5 nitrogen and oxygen atoms in total. The average Bonchev–Trinajstić information content (AvgIpc) is 2.86. The number of nitrogens with one attached hydrogen (secondary N) is 2. The molecule has 3 aromatic rings. The second-order valence-electron chi connectivity index (χ2n) is 8.53. The van der Waals surface area contributed by atoms with Crippen LogP contribution in [0.2, 0.25) is 0 Å². The lowest BCUT2D eigenvalue weighted by Crippen LogP contribution is -2.43. The highest BCUT2D eigenvalue weighted by molar-refractivity contribution is 7.99. The van der Waals surface area contributed by atoms with Gasteiger partial charge in [0.25, 0.3) is 0 Å². The van der Waals surface area contributed by atoms with Gasteiger partial charge in [-0.3, -0.25) is 9.78 Å². The van der Waals surface area contributed by atoms with Gasteiger partial charge in [-0.25, -0.2) is 0 Å². The molecule has 2 heterocycles. The second kappa shape index (κ2) is 11.8. The summed E-state index contributed by atoms with van der Waals surface area (Å²) in [5.41, 5.74) is 1.64. The number of pyridine rings is 1. The third-order valence-electron chi connectivity index (χ3n) is 5.97. The Kier molecular flexibility index (Phi) is 8.51. The molecule has 4 rings (SSSR count). The van der Waals surface area contributed by atoms with Crippen LogP contribution in [0.25, 0.3) is 10.9 Å². The number of thioether (sulfide) groups is 1. The van der Waals surface area contributed by atoms with Gasteiger partial charge in [-0.15, -0.1) is 11.8 Å². The molecule has 0 saturated carbocycles. The number of fused-ring (bicyclic) bond motifs is 1. The summed E-state index contributed by atoms with van der Waals surface area (Å²) in [6.45, 7) is 3.94. The van der Waals surface area contributed by atoms with Crippen molar-refractivity contribution in [2.75, 3.05) is 42.1 Å². The summed E-state index contributed by atoms with van der Waals surface area (Å²) in [6.07, 6.45) is 0.247. The first kappa shape index (κ1) is 25.3. The Morgan fingerprint density at radius 3 is 2.54 bits per heavy atom.